The molecule has 260 valence electrons. The van der Waals surface area contributed by atoms with Gasteiger partial charge in [0.2, 0.25) is 0 Å². The third kappa shape index (κ3) is 5.87. The van der Waals surface area contributed by atoms with Gasteiger partial charge < -0.3 is 4.90 Å². The first-order chi connectivity index (χ1) is 27.1. The number of fused-ring (bicyclic) bond motifs is 4. The summed E-state index contributed by atoms with van der Waals surface area (Å²) in [6, 6.07) is 67.3. The summed E-state index contributed by atoms with van der Waals surface area (Å²) in [5.74, 6) is -0.622. The predicted octanol–water partition coefficient (Wildman–Crippen LogP) is 15.0. The Morgan fingerprint density at radius 1 is 0.273 bits per heavy atom. The lowest BCUT2D eigenvalue weighted by molar-refractivity contribution is 0.628. The second-order valence-electron chi connectivity index (χ2n) is 14.0. The summed E-state index contributed by atoms with van der Waals surface area (Å²) in [4.78, 5) is 2.00. The topological polar surface area (TPSA) is 3.24 Å². The first-order valence-corrected chi connectivity index (χ1v) is 18.5. The van der Waals surface area contributed by atoms with Gasteiger partial charge in [-0.15, -0.1) is 0 Å². The highest BCUT2D eigenvalue weighted by molar-refractivity contribution is 6.22. The maximum atomic E-state index is 14.0. The van der Waals surface area contributed by atoms with E-state index >= 15 is 0 Å². The first-order valence-electron chi connectivity index (χ1n) is 18.5. The molecule has 1 nitrogen and oxygen atoms in total. The summed E-state index contributed by atoms with van der Waals surface area (Å²) in [6.07, 6.45) is 0. The molecule has 10 aromatic rings. The van der Waals surface area contributed by atoms with Gasteiger partial charge in [0.05, 0.1) is 0 Å². The molecule has 0 aliphatic heterocycles. The van der Waals surface area contributed by atoms with Crippen LogP contribution in [0.4, 0.5) is 25.8 Å². The van der Waals surface area contributed by atoms with Gasteiger partial charge in [0, 0.05) is 17.1 Å². The summed E-state index contributed by atoms with van der Waals surface area (Å²) in [6.45, 7) is 0. The SMILES string of the molecule is Fc1ccc(N(c2ccc(F)cc2)c2ccc(-c3ccc4c(-c5ccc6ccccc6c5)c5ccccc5c(-c5ccc6ccccc6c5)c4c3)cc2)cc1. The van der Waals surface area contributed by atoms with Crippen molar-refractivity contribution in [3.63, 3.8) is 0 Å². The van der Waals surface area contributed by atoms with E-state index in [9.17, 15) is 8.78 Å². The molecule has 0 amide bonds. The van der Waals surface area contributed by atoms with Crippen molar-refractivity contribution in [2.45, 2.75) is 0 Å². The zero-order chi connectivity index (χ0) is 36.9. The van der Waals surface area contributed by atoms with Crippen molar-refractivity contribution in [2.75, 3.05) is 4.90 Å². The summed E-state index contributed by atoms with van der Waals surface area (Å²) >= 11 is 0. The van der Waals surface area contributed by atoms with E-state index in [1.54, 1.807) is 24.3 Å². The van der Waals surface area contributed by atoms with Crippen LogP contribution in [0.15, 0.2) is 200 Å². The molecule has 0 heterocycles. The zero-order valence-electron chi connectivity index (χ0n) is 29.8. The Kier molecular flexibility index (Phi) is 7.92. The smallest absolute Gasteiger partial charge is 0.123 e. The van der Waals surface area contributed by atoms with E-state index in [-0.39, 0.29) is 11.6 Å². The highest BCUT2D eigenvalue weighted by Gasteiger charge is 2.19. The molecule has 0 saturated carbocycles. The van der Waals surface area contributed by atoms with E-state index in [0.29, 0.717) is 0 Å². The second-order valence-corrected chi connectivity index (χ2v) is 14.0. The van der Waals surface area contributed by atoms with Gasteiger partial charge in [-0.3, -0.25) is 0 Å². The minimum atomic E-state index is -0.311. The molecule has 0 atom stereocenters. The molecule has 0 aliphatic rings. The van der Waals surface area contributed by atoms with Crippen LogP contribution in [0, 0.1) is 11.6 Å². The number of rotatable bonds is 6. The van der Waals surface area contributed by atoms with Crippen LogP contribution in [-0.4, -0.2) is 0 Å². The Labute approximate surface area is 318 Å². The van der Waals surface area contributed by atoms with Crippen LogP contribution in [0.1, 0.15) is 0 Å². The minimum absolute atomic E-state index is 0.311. The normalized spacial score (nSPS) is 11.5. The van der Waals surface area contributed by atoms with Crippen LogP contribution in [-0.2, 0) is 0 Å². The lowest BCUT2D eigenvalue weighted by atomic mass is 9.84. The number of hydrogen-bond acceptors (Lipinski definition) is 1. The zero-order valence-corrected chi connectivity index (χ0v) is 29.8. The van der Waals surface area contributed by atoms with Gasteiger partial charge in [-0.25, -0.2) is 8.78 Å². The Morgan fingerprint density at radius 2 is 0.655 bits per heavy atom. The molecule has 0 radical (unpaired) electrons. The van der Waals surface area contributed by atoms with Crippen LogP contribution in [0.25, 0.3) is 76.5 Å². The molecule has 10 rings (SSSR count). The summed E-state index contributed by atoms with van der Waals surface area (Å²) in [5.41, 5.74) is 9.37. The van der Waals surface area contributed by atoms with Crippen LogP contribution in [0.5, 0.6) is 0 Å². The molecule has 10 aromatic carbocycles. The fourth-order valence-electron chi connectivity index (χ4n) is 8.10. The van der Waals surface area contributed by atoms with Crippen LogP contribution < -0.4 is 4.90 Å². The van der Waals surface area contributed by atoms with Crippen molar-refractivity contribution in [3.8, 4) is 33.4 Å². The van der Waals surface area contributed by atoms with Crippen LogP contribution in [0.3, 0.4) is 0 Å². The van der Waals surface area contributed by atoms with Crippen molar-refractivity contribution in [3.05, 3.63) is 212 Å². The van der Waals surface area contributed by atoms with Gasteiger partial charge in [-0.2, -0.15) is 0 Å². The molecule has 0 N–H and O–H groups in total. The average Bonchev–Trinajstić information content (AvgIpc) is 3.24. The average molecular weight is 710 g/mol. The summed E-state index contributed by atoms with van der Waals surface area (Å²) in [7, 11) is 0. The van der Waals surface area contributed by atoms with Gasteiger partial charge >= 0.3 is 0 Å². The fraction of sp³-hybridized carbons (Fsp3) is 0. The third-order valence-electron chi connectivity index (χ3n) is 10.7. The maximum Gasteiger partial charge on any atom is 0.123 e. The molecular formula is C52H33F2N. The fourth-order valence-corrected chi connectivity index (χ4v) is 8.10. The molecule has 0 spiro atoms. The van der Waals surface area contributed by atoms with E-state index in [2.05, 4.69) is 152 Å². The largest absolute Gasteiger partial charge is 0.310 e. The van der Waals surface area contributed by atoms with E-state index in [4.69, 9.17) is 0 Å². The second kappa shape index (κ2) is 13.4. The Bertz CT molecular complexity index is 2990. The molecule has 0 unspecified atom stereocenters. The van der Waals surface area contributed by atoms with Gasteiger partial charge in [0.1, 0.15) is 11.6 Å². The first kappa shape index (κ1) is 32.5. The number of nitrogens with zero attached hydrogens (tertiary/aromatic N) is 1. The van der Waals surface area contributed by atoms with Crippen LogP contribution >= 0.6 is 0 Å². The quantitative estimate of drug-likeness (QED) is 0.155. The van der Waals surface area contributed by atoms with E-state index in [1.807, 2.05) is 4.90 Å². The monoisotopic (exact) mass is 709 g/mol. The third-order valence-corrected chi connectivity index (χ3v) is 10.7. The van der Waals surface area contributed by atoms with Gasteiger partial charge in [0.25, 0.3) is 0 Å². The highest BCUT2D eigenvalue weighted by Crippen LogP contribution is 2.46. The molecule has 0 aliphatic carbocycles. The van der Waals surface area contributed by atoms with Gasteiger partial charge in [-0.1, -0.05) is 121 Å². The van der Waals surface area contributed by atoms with Crippen molar-refractivity contribution in [1.82, 2.24) is 0 Å². The Morgan fingerprint density at radius 3 is 1.16 bits per heavy atom. The van der Waals surface area contributed by atoms with Crippen molar-refractivity contribution in [2.24, 2.45) is 0 Å². The lowest BCUT2D eigenvalue weighted by Crippen LogP contribution is -2.09. The van der Waals surface area contributed by atoms with Crippen molar-refractivity contribution < 1.29 is 8.78 Å². The Hall–Kier alpha value is -7.10. The number of hydrogen-bond donors (Lipinski definition) is 0. The highest BCUT2D eigenvalue weighted by atomic mass is 19.1. The summed E-state index contributed by atoms with van der Waals surface area (Å²) in [5, 5.41) is 9.63. The van der Waals surface area contributed by atoms with E-state index < -0.39 is 0 Å². The van der Waals surface area contributed by atoms with Crippen LogP contribution in [0.2, 0.25) is 0 Å². The van der Waals surface area contributed by atoms with Crippen molar-refractivity contribution in [1.29, 1.82) is 0 Å². The number of anilines is 3. The molecule has 0 aromatic heterocycles. The molecular weight excluding hydrogens is 677 g/mol. The number of benzene rings is 10. The number of halogens is 2. The minimum Gasteiger partial charge on any atom is -0.310 e. The van der Waals surface area contributed by atoms with Crippen molar-refractivity contribution >= 4 is 60.2 Å². The molecule has 55 heavy (non-hydrogen) atoms. The Balaban J connectivity index is 1.18. The molecule has 0 fully saturated rings. The van der Waals surface area contributed by atoms with E-state index in [0.717, 1.165) is 28.2 Å². The molecule has 3 heteroatoms. The van der Waals surface area contributed by atoms with E-state index in [1.165, 1.54) is 89.6 Å². The molecule has 0 saturated heterocycles. The van der Waals surface area contributed by atoms with Gasteiger partial charge in [0.15, 0.2) is 0 Å². The molecule has 0 bridgehead atoms. The maximum absolute atomic E-state index is 14.0. The predicted molar refractivity (Wildman–Crippen MR) is 227 cm³/mol. The summed E-state index contributed by atoms with van der Waals surface area (Å²) < 4.78 is 27.9. The van der Waals surface area contributed by atoms with Gasteiger partial charge in [-0.05, 0) is 155 Å². The standard InChI is InChI=1S/C52H33F2N/c53-42-20-26-45(27-21-42)55(46-28-22-43(54)23-29-46)44-24-17-36(18-25-44)39-19-30-49-50(33-39)52(41-16-14-35-8-2-4-10-38(35)32-41)48-12-6-5-11-47(48)51(49)40-15-13-34-7-1-3-9-37(34)31-40/h1-33H. The lowest BCUT2D eigenvalue weighted by Gasteiger charge is -2.25.